The number of nitrogens with zero attached hydrogens (tertiary/aromatic N) is 1. The SMILES string of the molecule is COCC(C)CN1C(=O)C(CC(C)C)NC1C. The van der Waals surface area contributed by atoms with E-state index < -0.39 is 0 Å². The largest absolute Gasteiger partial charge is 0.384 e. The lowest BCUT2D eigenvalue weighted by molar-refractivity contribution is -0.130. The summed E-state index contributed by atoms with van der Waals surface area (Å²) in [4.78, 5) is 14.2. The van der Waals surface area contributed by atoms with Crippen LogP contribution in [0.2, 0.25) is 0 Å². The van der Waals surface area contributed by atoms with Crippen molar-refractivity contribution in [2.24, 2.45) is 11.8 Å². The summed E-state index contributed by atoms with van der Waals surface area (Å²) in [6.07, 6.45) is 1.06. The minimum atomic E-state index is -0.000236. The number of rotatable bonds is 6. The van der Waals surface area contributed by atoms with Crippen molar-refractivity contribution in [1.82, 2.24) is 10.2 Å². The molecular formula is C13H26N2O2. The Balaban J connectivity index is 2.53. The fourth-order valence-corrected chi connectivity index (χ4v) is 2.40. The molecule has 1 saturated heterocycles. The molecule has 3 unspecified atom stereocenters. The van der Waals surface area contributed by atoms with E-state index in [1.807, 2.05) is 4.90 Å². The molecule has 0 aliphatic carbocycles. The molecule has 0 bridgehead atoms. The zero-order valence-corrected chi connectivity index (χ0v) is 11.7. The van der Waals surface area contributed by atoms with E-state index in [0.717, 1.165) is 13.0 Å². The van der Waals surface area contributed by atoms with Crippen LogP contribution in [0.15, 0.2) is 0 Å². The van der Waals surface area contributed by atoms with Crippen molar-refractivity contribution in [3.8, 4) is 0 Å². The molecule has 17 heavy (non-hydrogen) atoms. The number of carbonyl (C=O) groups is 1. The van der Waals surface area contributed by atoms with Gasteiger partial charge in [0.2, 0.25) is 5.91 Å². The molecule has 4 heteroatoms. The minimum Gasteiger partial charge on any atom is -0.384 e. The molecule has 1 rings (SSSR count). The predicted molar refractivity (Wildman–Crippen MR) is 68.6 cm³/mol. The van der Waals surface area contributed by atoms with E-state index in [9.17, 15) is 4.79 Å². The van der Waals surface area contributed by atoms with Gasteiger partial charge in [-0.2, -0.15) is 0 Å². The Kier molecular flexibility index (Phi) is 5.40. The second-order valence-electron chi connectivity index (χ2n) is 5.58. The number of methoxy groups -OCH3 is 1. The zero-order chi connectivity index (χ0) is 13.0. The van der Waals surface area contributed by atoms with Gasteiger partial charge in [0.05, 0.1) is 18.8 Å². The normalized spacial score (nSPS) is 26.9. The predicted octanol–water partition coefficient (Wildman–Crippen LogP) is 1.46. The van der Waals surface area contributed by atoms with Crippen LogP contribution in [-0.4, -0.2) is 43.3 Å². The summed E-state index contributed by atoms with van der Waals surface area (Å²) in [6.45, 7) is 9.93. The van der Waals surface area contributed by atoms with Crippen LogP contribution in [0.25, 0.3) is 0 Å². The molecule has 1 fully saturated rings. The molecule has 0 aromatic carbocycles. The number of amides is 1. The molecule has 100 valence electrons. The van der Waals surface area contributed by atoms with Gasteiger partial charge in [0.1, 0.15) is 0 Å². The van der Waals surface area contributed by atoms with Gasteiger partial charge in [0.25, 0.3) is 0 Å². The number of carbonyl (C=O) groups excluding carboxylic acids is 1. The van der Waals surface area contributed by atoms with Gasteiger partial charge < -0.3 is 9.64 Å². The Labute approximate surface area is 105 Å². The van der Waals surface area contributed by atoms with Crippen LogP contribution < -0.4 is 5.32 Å². The summed E-state index contributed by atoms with van der Waals surface area (Å²) >= 11 is 0. The van der Waals surface area contributed by atoms with Gasteiger partial charge in [-0.3, -0.25) is 10.1 Å². The average molecular weight is 242 g/mol. The smallest absolute Gasteiger partial charge is 0.241 e. The van der Waals surface area contributed by atoms with Gasteiger partial charge in [-0.25, -0.2) is 0 Å². The van der Waals surface area contributed by atoms with Crippen LogP contribution in [0.3, 0.4) is 0 Å². The Morgan fingerprint density at radius 2 is 2.06 bits per heavy atom. The quantitative estimate of drug-likeness (QED) is 0.766. The summed E-state index contributed by atoms with van der Waals surface area (Å²) in [5.74, 6) is 1.17. The number of hydrogen-bond acceptors (Lipinski definition) is 3. The van der Waals surface area contributed by atoms with E-state index in [-0.39, 0.29) is 18.1 Å². The molecule has 1 N–H and O–H groups in total. The van der Waals surface area contributed by atoms with Gasteiger partial charge in [-0.15, -0.1) is 0 Å². The lowest BCUT2D eigenvalue weighted by atomic mass is 10.0. The molecule has 4 nitrogen and oxygen atoms in total. The first-order valence-electron chi connectivity index (χ1n) is 6.51. The molecule has 0 aromatic rings. The first kappa shape index (κ1) is 14.5. The van der Waals surface area contributed by atoms with E-state index in [4.69, 9.17) is 4.74 Å². The highest BCUT2D eigenvalue weighted by atomic mass is 16.5. The lowest BCUT2D eigenvalue weighted by Crippen LogP contribution is -2.38. The third-order valence-corrected chi connectivity index (χ3v) is 3.16. The van der Waals surface area contributed by atoms with Gasteiger partial charge in [-0.05, 0) is 25.2 Å². The van der Waals surface area contributed by atoms with E-state index in [1.165, 1.54) is 0 Å². The Bertz CT molecular complexity index is 256. The maximum Gasteiger partial charge on any atom is 0.241 e. The molecule has 1 aliphatic rings. The molecule has 1 amide bonds. The monoisotopic (exact) mass is 242 g/mol. The summed E-state index contributed by atoms with van der Waals surface area (Å²) in [6, 6.07) is -0.000236. The van der Waals surface area contributed by atoms with Crippen LogP contribution in [0.4, 0.5) is 0 Å². The molecule has 3 atom stereocenters. The molecule has 0 spiro atoms. The second-order valence-corrected chi connectivity index (χ2v) is 5.58. The molecule has 1 heterocycles. The highest BCUT2D eigenvalue weighted by Crippen LogP contribution is 2.18. The van der Waals surface area contributed by atoms with Crippen LogP contribution >= 0.6 is 0 Å². The summed E-state index contributed by atoms with van der Waals surface area (Å²) in [5, 5.41) is 3.37. The first-order chi connectivity index (χ1) is 7.95. The third-order valence-electron chi connectivity index (χ3n) is 3.16. The average Bonchev–Trinajstić information content (AvgIpc) is 2.45. The molecule has 0 aromatic heterocycles. The van der Waals surface area contributed by atoms with Crippen molar-refractivity contribution in [2.75, 3.05) is 20.3 Å². The molecule has 1 aliphatic heterocycles. The second kappa shape index (κ2) is 6.36. The molecule has 0 radical (unpaired) electrons. The zero-order valence-electron chi connectivity index (χ0n) is 11.7. The van der Waals surface area contributed by atoms with Crippen LogP contribution in [0.5, 0.6) is 0 Å². The van der Waals surface area contributed by atoms with E-state index in [0.29, 0.717) is 18.4 Å². The Hall–Kier alpha value is -0.610. The summed E-state index contributed by atoms with van der Waals surface area (Å²) in [5.41, 5.74) is 0. The number of ether oxygens (including phenoxy) is 1. The van der Waals surface area contributed by atoms with Crippen LogP contribution in [0.1, 0.15) is 34.1 Å². The van der Waals surface area contributed by atoms with Crippen molar-refractivity contribution >= 4 is 5.91 Å². The minimum absolute atomic E-state index is 0.000236. The van der Waals surface area contributed by atoms with Crippen LogP contribution in [-0.2, 0) is 9.53 Å². The third kappa shape index (κ3) is 3.96. The van der Waals surface area contributed by atoms with Gasteiger partial charge in [0, 0.05) is 13.7 Å². The fraction of sp³-hybridized carbons (Fsp3) is 0.923. The van der Waals surface area contributed by atoms with Crippen molar-refractivity contribution in [3.05, 3.63) is 0 Å². The maximum atomic E-state index is 12.2. The van der Waals surface area contributed by atoms with E-state index in [1.54, 1.807) is 7.11 Å². The highest BCUT2D eigenvalue weighted by molar-refractivity contribution is 5.84. The molecular weight excluding hydrogens is 216 g/mol. The fourth-order valence-electron chi connectivity index (χ4n) is 2.40. The molecule has 0 saturated carbocycles. The van der Waals surface area contributed by atoms with Gasteiger partial charge in [0.15, 0.2) is 0 Å². The van der Waals surface area contributed by atoms with E-state index >= 15 is 0 Å². The lowest BCUT2D eigenvalue weighted by Gasteiger charge is -2.24. The van der Waals surface area contributed by atoms with E-state index in [2.05, 4.69) is 33.0 Å². The Morgan fingerprint density at radius 3 is 2.59 bits per heavy atom. The van der Waals surface area contributed by atoms with Gasteiger partial charge >= 0.3 is 0 Å². The number of nitrogens with one attached hydrogen (secondary N) is 1. The van der Waals surface area contributed by atoms with Gasteiger partial charge in [-0.1, -0.05) is 20.8 Å². The summed E-state index contributed by atoms with van der Waals surface area (Å²) in [7, 11) is 1.70. The first-order valence-corrected chi connectivity index (χ1v) is 6.51. The van der Waals surface area contributed by atoms with Crippen molar-refractivity contribution in [3.63, 3.8) is 0 Å². The Morgan fingerprint density at radius 1 is 1.41 bits per heavy atom. The van der Waals surface area contributed by atoms with Crippen molar-refractivity contribution < 1.29 is 9.53 Å². The van der Waals surface area contributed by atoms with Crippen molar-refractivity contribution in [1.29, 1.82) is 0 Å². The maximum absolute atomic E-state index is 12.2. The highest BCUT2D eigenvalue weighted by Gasteiger charge is 2.36. The van der Waals surface area contributed by atoms with Crippen molar-refractivity contribution in [2.45, 2.75) is 46.3 Å². The summed E-state index contributed by atoms with van der Waals surface area (Å²) < 4.78 is 5.12. The number of hydrogen-bond donors (Lipinski definition) is 1. The topological polar surface area (TPSA) is 41.6 Å². The van der Waals surface area contributed by atoms with Crippen LogP contribution in [0, 0.1) is 11.8 Å². The standard InChI is InChI=1S/C13H26N2O2/c1-9(2)6-12-13(16)15(11(4)14-12)7-10(3)8-17-5/h9-12,14H,6-8H2,1-5H3.